The summed E-state index contributed by atoms with van der Waals surface area (Å²) in [6.45, 7) is 4.75. The summed E-state index contributed by atoms with van der Waals surface area (Å²) in [5.74, 6) is 1.10. The van der Waals surface area contributed by atoms with Gasteiger partial charge in [0.25, 0.3) is 5.91 Å². The Labute approximate surface area is 145 Å². The Morgan fingerprint density at radius 1 is 1.20 bits per heavy atom. The topological polar surface area (TPSA) is 65.4 Å². The lowest BCUT2D eigenvalue weighted by Gasteiger charge is -2.06. The van der Waals surface area contributed by atoms with Gasteiger partial charge in [0.2, 0.25) is 6.79 Å². The minimum absolute atomic E-state index is 0.165. The van der Waals surface area contributed by atoms with Gasteiger partial charge in [-0.05, 0) is 38.1 Å². The highest BCUT2D eigenvalue weighted by molar-refractivity contribution is 5.95. The number of amides is 1. The molecule has 0 saturated heterocycles. The van der Waals surface area contributed by atoms with E-state index < -0.39 is 0 Å². The van der Waals surface area contributed by atoms with Crippen LogP contribution in [0.5, 0.6) is 11.5 Å². The van der Waals surface area contributed by atoms with Gasteiger partial charge in [-0.1, -0.05) is 18.2 Å². The van der Waals surface area contributed by atoms with Gasteiger partial charge < -0.3 is 14.8 Å². The number of nitrogens with zero attached hydrogens (tertiary/aromatic N) is 2. The number of hydrogen-bond acceptors (Lipinski definition) is 4. The van der Waals surface area contributed by atoms with Crippen LogP contribution < -0.4 is 14.8 Å². The molecule has 0 bridgehead atoms. The lowest BCUT2D eigenvalue weighted by Crippen LogP contribution is -2.23. The summed E-state index contributed by atoms with van der Waals surface area (Å²) in [4.78, 5) is 12.5. The van der Waals surface area contributed by atoms with Gasteiger partial charge in [-0.25, -0.2) is 0 Å². The van der Waals surface area contributed by atoms with Crippen LogP contribution in [0.15, 0.2) is 42.5 Å². The Kier molecular flexibility index (Phi) is 3.80. The van der Waals surface area contributed by atoms with Crippen molar-refractivity contribution >= 4 is 16.8 Å². The lowest BCUT2D eigenvalue weighted by atomic mass is 10.1. The molecule has 1 N–H and O–H groups in total. The third-order valence-corrected chi connectivity index (χ3v) is 4.23. The molecule has 1 aliphatic rings. The minimum Gasteiger partial charge on any atom is -0.454 e. The van der Waals surface area contributed by atoms with Crippen molar-refractivity contribution in [2.24, 2.45) is 0 Å². The maximum Gasteiger partial charge on any atom is 0.251 e. The van der Waals surface area contributed by atoms with Gasteiger partial charge in [0.15, 0.2) is 11.5 Å². The number of aromatic nitrogens is 2. The van der Waals surface area contributed by atoms with E-state index in [4.69, 9.17) is 9.47 Å². The van der Waals surface area contributed by atoms with E-state index >= 15 is 0 Å². The second-order valence-corrected chi connectivity index (χ2v) is 6.25. The average Bonchev–Trinajstić information content (AvgIpc) is 3.23. The summed E-state index contributed by atoms with van der Waals surface area (Å²) in [6, 6.07) is 13.5. The van der Waals surface area contributed by atoms with Crippen molar-refractivity contribution in [3.8, 4) is 11.5 Å². The molecule has 0 aliphatic carbocycles. The van der Waals surface area contributed by atoms with Gasteiger partial charge in [0, 0.05) is 17.0 Å². The second-order valence-electron chi connectivity index (χ2n) is 6.25. The van der Waals surface area contributed by atoms with E-state index in [9.17, 15) is 4.79 Å². The number of nitrogens with one attached hydrogen (secondary N) is 1. The molecule has 0 atom stereocenters. The first kappa shape index (κ1) is 15.5. The number of hydrogen-bond donors (Lipinski definition) is 1. The standard InChI is InChI=1S/C19H19N3O3/c1-12(2)22-16-6-4-3-5-14(16)15(21-22)10-20-19(23)13-7-8-17-18(9-13)25-11-24-17/h3-9,12H,10-11H2,1-2H3,(H,20,23). The monoisotopic (exact) mass is 337 g/mol. The van der Waals surface area contributed by atoms with Gasteiger partial charge in [-0.2, -0.15) is 5.10 Å². The zero-order valence-corrected chi connectivity index (χ0v) is 14.2. The number of rotatable bonds is 4. The molecule has 1 aliphatic heterocycles. The molecular weight excluding hydrogens is 318 g/mol. The van der Waals surface area contributed by atoms with Gasteiger partial charge in [0.05, 0.1) is 17.8 Å². The molecule has 0 radical (unpaired) electrons. The zero-order chi connectivity index (χ0) is 17.4. The Morgan fingerprint density at radius 2 is 2.00 bits per heavy atom. The highest BCUT2D eigenvalue weighted by Gasteiger charge is 2.17. The van der Waals surface area contributed by atoms with Gasteiger partial charge in [-0.15, -0.1) is 0 Å². The number of carbonyl (C=O) groups is 1. The van der Waals surface area contributed by atoms with Crippen molar-refractivity contribution in [3.05, 3.63) is 53.7 Å². The first-order chi connectivity index (χ1) is 12.1. The van der Waals surface area contributed by atoms with Crippen LogP contribution in [0.2, 0.25) is 0 Å². The van der Waals surface area contributed by atoms with Gasteiger partial charge in [0.1, 0.15) is 0 Å². The Bertz CT molecular complexity index is 946. The minimum atomic E-state index is -0.165. The normalized spacial score (nSPS) is 12.8. The Balaban J connectivity index is 1.55. The molecule has 1 aromatic heterocycles. The summed E-state index contributed by atoms with van der Waals surface area (Å²) in [7, 11) is 0. The molecule has 6 heteroatoms. The molecule has 2 aromatic carbocycles. The summed E-state index contributed by atoms with van der Waals surface area (Å²) >= 11 is 0. The molecule has 2 heterocycles. The number of para-hydroxylation sites is 1. The van der Waals surface area contributed by atoms with E-state index in [0.717, 1.165) is 16.6 Å². The fraction of sp³-hybridized carbons (Fsp3) is 0.263. The van der Waals surface area contributed by atoms with Crippen molar-refractivity contribution in [3.63, 3.8) is 0 Å². The summed E-state index contributed by atoms with van der Waals surface area (Å²) in [6.07, 6.45) is 0. The van der Waals surface area contributed by atoms with E-state index in [0.29, 0.717) is 23.6 Å². The van der Waals surface area contributed by atoms with Crippen LogP contribution in [-0.2, 0) is 6.54 Å². The van der Waals surface area contributed by atoms with Crippen molar-refractivity contribution < 1.29 is 14.3 Å². The summed E-state index contributed by atoms with van der Waals surface area (Å²) in [5.41, 5.74) is 2.47. The van der Waals surface area contributed by atoms with Crippen LogP contribution in [0.3, 0.4) is 0 Å². The van der Waals surface area contributed by atoms with Crippen molar-refractivity contribution in [1.29, 1.82) is 0 Å². The molecule has 0 fully saturated rings. The zero-order valence-electron chi connectivity index (χ0n) is 14.2. The van der Waals surface area contributed by atoms with E-state index in [1.165, 1.54) is 0 Å². The molecule has 1 amide bonds. The average molecular weight is 337 g/mol. The number of carbonyl (C=O) groups excluding carboxylic acids is 1. The predicted molar refractivity (Wildman–Crippen MR) is 93.9 cm³/mol. The maximum absolute atomic E-state index is 12.5. The second kappa shape index (κ2) is 6.12. The summed E-state index contributed by atoms with van der Waals surface area (Å²) in [5, 5.41) is 8.67. The molecular formula is C19H19N3O3. The molecule has 0 unspecified atom stereocenters. The van der Waals surface area contributed by atoms with E-state index in [2.05, 4.69) is 24.3 Å². The maximum atomic E-state index is 12.5. The van der Waals surface area contributed by atoms with Gasteiger partial charge >= 0.3 is 0 Å². The van der Waals surface area contributed by atoms with Crippen LogP contribution in [0.1, 0.15) is 35.9 Å². The van der Waals surface area contributed by atoms with E-state index in [-0.39, 0.29) is 18.7 Å². The van der Waals surface area contributed by atoms with Crippen molar-refractivity contribution in [1.82, 2.24) is 15.1 Å². The molecule has 25 heavy (non-hydrogen) atoms. The third kappa shape index (κ3) is 2.80. The van der Waals surface area contributed by atoms with Crippen LogP contribution >= 0.6 is 0 Å². The van der Waals surface area contributed by atoms with E-state index in [1.807, 2.05) is 28.9 Å². The number of fused-ring (bicyclic) bond motifs is 2. The van der Waals surface area contributed by atoms with Crippen molar-refractivity contribution in [2.45, 2.75) is 26.4 Å². The van der Waals surface area contributed by atoms with Crippen LogP contribution in [0, 0.1) is 0 Å². The fourth-order valence-electron chi connectivity index (χ4n) is 2.98. The first-order valence-corrected chi connectivity index (χ1v) is 8.27. The Hall–Kier alpha value is -3.02. The fourth-order valence-corrected chi connectivity index (χ4v) is 2.98. The van der Waals surface area contributed by atoms with Crippen LogP contribution in [-0.4, -0.2) is 22.5 Å². The molecule has 0 saturated carbocycles. The molecule has 6 nitrogen and oxygen atoms in total. The van der Waals surface area contributed by atoms with Crippen LogP contribution in [0.25, 0.3) is 10.9 Å². The Morgan fingerprint density at radius 3 is 2.84 bits per heavy atom. The largest absolute Gasteiger partial charge is 0.454 e. The highest BCUT2D eigenvalue weighted by atomic mass is 16.7. The third-order valence-electron chi connectivity index (χ3n) is 4.23. The number of ether oxygens (including phenoxy) is 2. The predicted octanol–water partition coefficient (Wildman–Crippen LogP) is 3.28. The smallest absolute Gasteiger partial charge is 0.251 e. The van der Waals surface area contributed by atoms with Gasteiger partial charge in [-0.3, -0.25) is 9.48 Å². The molecule has 128 valence electrons. The number of benzene rings is 2. The summed E-state index contributed by atoms with van der Waals surface area (Å²) < 4.78 is 12.6. The lowest BCUT2D eigenvalue weighted by molar-refractivity contribution is 0.0950. The molecule has 4 rings (SSSR count). The van der Waals surface area contributed by atoms with Crippen molar-refractivity contribution in [2.75, 3.05) is 6.79 Å². The van der Waals surface area contributed by atoms with Crippen LogP contribution in [0.4, 0.5) is 0 Å². The first-order valence-electron chi connectivity index (χ1n) is 8.27. The SMILES string of the molecule is CC(C)n1nc(CNC(=O)c2ccc3c(c2)OCO3)c2ccccc21. The highest BCUT2D eigenvalue weighted by Crippen LogP contribution is 2.32. The van der Waals surface area contributed by atoms with E-state index in [1.54, 1.807) is 18.2 Å². The quantitative estimate of drug-likeness (QED) is 0.793. The molecule has 0 spiro atoms. The molecule has 3 aromatic rings.